The molecular weight excluding hydrogens is 961 g/mol. The van der Waals surface area contributed by atoms with E-state index in [0.29, 0.717) is 157 Å². The lowest BCUT2D eigenvalue weighted by molar-refractivity contribution is 0.0146. The zero-order chi connectivity index (χ0) is 51.7. The Morgan fingerprint density at radius 2 is 0.824 bits per heavy atom. The van der Waals surface area contributed by atoms with Crippen molar-refractivity contribution in [1.82, 2.24) is 29.5 Å². The Balaban J connectivity index is 1.12. The van der Waals surface area contributed by atoms with E-state index in [0.717, 1.165) is 0 Å². The summed E-state index contributed by atoms with van der Waals surface area (Å²) in [4.78, 5) is 52.7. The number of fused-ring (bicyclic) bond motifs is 3. The normalized spacial score (nSPS) is 11.3. The number of para-hydroxylation sites is 2. The summed E-state index contributed by atoms with van der Waals surface area (Å²) in [5, 5.41) is 0. The van der Waals surface area contributed by atoms with Crippen molar-refractivity contribution in [2.24, 2.45) is 0 Å². The zero-order valence-corrected chi connectivity index (χ0v) is 41.8. The van der Waals surface area contributed by atoms with Crippen LogP contribution in [0.1, 0.15) is 27.8 Å². The molecule has 0 unspecified atom stereocenters. The first-order valence-corrected chi connectivity index (χ1v) is 24.1. The summed E-state index contributed by atoms with van der Waals surface area (Å²) in [5.41, 5.74) is 5.08. The first kappa shape index (κ1) is 54.6. The van der Waals surface area contributed by atoms with Crippen LogP contribution in [0.25, 0.3) is 33.1 Å². The Morgan fingerprint density at radius 1 is 0.419 bits per heavy atom. The number of aromatic amines is 5. The van der Waals surface area contributed by atoms with E-state index in [2.05, 4.69) is 48.6 Å². The zero-order valence-electron chi connectivity index (χ0n) is 41.8. The number of nitrogens with zero attached hydrogens (tertiary/aromatic N) is 1. The van der Waals surface area contributed by atoms with Crippen molar-refractivity contribution in [2.45, 2.75) is 6.54 Å². The number of hydrogen-bond donors (Lipinski definition) is 5. The predicted octanol–water partition coefficient (Wildman–Crippen LogP) is 3.69. The number of H-pyrrole nitrogens is 5. The van der Waals surface area contributed by atoms with E-state index in [1.807, 2.05) is 30.3 Å². The number of rotatable bonds is 32. The van der Waals surface area contributed by atoms with Crippen LogP contribution in [-0.2, 0) is 49.2 Å². The number of benzene rings is 4. The largest absolute Gasteiger partial charge is 0.487 e. The topological polar surface area (TPSA) is 246 Å². The Hall–Kier alpha value is -7.15. The van der Waals surface area contributed by atoms with E-state index in [4.69, 9.17) is 56.8 Å². The van der Waals surface area contributed by atoms with Gasteiger partial charge in [-0.15, -0.1) is 0 Å². The monoisotopic (exact) mass is 1020 g/mol. The highest BCUT2D eigenvalue weighted by atomic mass is 16.6. The Morgan fingerprint density at radius 3 is 1.32 bits per heavy atom. The molecule has 0 aliphatic heterocycles. The molecule has 5 N–H and O–H groups in total. The number of methoxy groups -OCH3 is 3. The first-order chi connectivity index (χ1) is 36.4. The molecule has 4 aromatic carbocycles. The fraction of sp³-hybridized carbons (Fsp3) is 0.415. The first-order valence-electron chi connectivity index (χ1n) is 24.1. The summed E-state index contributed by atoms with van der Waals surface area (Å²) < 4.78 is 69.5. The second-order valence-electron chi connectivity index (χ2n) is 16.1. The third-order valence-electron chi connectivity index (χ3n) is 11.0. The lowest BCUT2D eigenvalue weighted by Crippen LogP contribution is -2.18. The van der Waals surface area contributed by atoms with Gasteiger partial charge in [0, 0.05) is 21.3 Å². The minimum atomic E-state index is -0.426. The highest BCUT2D eigenvalue weighted by Gasteiger charge is 2.19. The summed E-state index contributed by atoms with van der Waals surface area (Å²) in [6.45, 7) is 6.55. The van der Waals surface area contributed by atoms with Gasteiger partial charge >= 0.3 is 17.1 Å². The molecule has 3 aromatic heterocycles. The maximum Gasteiger partial charge on any atom is 0.326 e. The third-order valence-corrected chi connectivity index (χ3v) is 11.0. The van der Waals surface area contributed by atoms with Crippen molar-refractivity contribution in [3.8, 4) is 40.9 Å². The molecule has 7 rings (SSSR count). The van der Waals surface area contributed by atoms with Gasteiger partial charge in [-0.1, -0.05) is 35.8 Å². The molecule has 21 heteroatoms. The van der Waals surface area contributed by atoms with Crippen LogP contribution in [0, 0.1) is 23.7 Å². The van der Waals surface area contributed by atoms with Crippen LogP contribution in [0.2, 0.25) is 0 Å². The molecule has 0 saturated carbocycles. The summed E-state index contributed by atoms with van der Waals surface area (Å²) in [7, 11) is 4.85. The van der Waals surface area contributed by atoms with Gasteiger partial charge in [-0.25, -0.2) is 14.4 Å². The van der Waals surface area contributed by atoms with E-state index in [9.17, 15) is 14.4 Å². The minimum Gasteiger partial charge on any atom is -0.487 e. The molecule has 0 spiro atoms. The number of nitrogens with one attached hydrogen (secondary N) is 5. The molecule has 0 fully saturated rings. The van der Waals surface area contributed by atoms with Crippen LogP contribution in [0.3, 0.4) is 0 Å². The molecule has 74 heavy (non-hydrogen) atoms. The number of ether oxygens (including phenoxy) is 12. The van der Waals surface area contributed by atoms with Gasteiger partial charge < -0.3 is 81.8 Å². The van der Waals surface area contributed by atoms with Gasteiger partial charge in [-0.05, 0) is 54.1 Å². The lowest BCUT2D eigenvalue weighted by atomic mass is 10.1. The molecule has 0 atom stereocenters. The summed E-state index contributed by atoms with van der Waals surface area (Å²) >= 11 is 0. The van der Waals surface area contributed by atoms with E-state index in [1.165, 1.54) is 0 Å². The second kappa shape index (κ2) is 29.5. The van der Waals surface area contributed by atoms with Crippen molar-refractivity contribution in [2.75, 3.05) is 140 Å². The minimum absolute atomic E-state index is 0.113. The smallest absolute Gasteiger partial charge is 0.326 e. The molecule has 0 aliphatic rings. The van der Waals surface area contributed by atoms with E-state index < -0.39 is 5.69 Å². The van der Waals surface area contributed by atoms with Crippen molar-refractivity contribution in [3.63, 3.8) is 0 Å². The van der Waals surface area contributed by atoms with Gasteiger partial charge in [-0.3, -0.25) is 4.57 Å². The van der Waals surface area contributed by atoms with Gasteiger partial charge in [0.25, 0.3) is 0 Å². The van der Waals surface area contributed by atoms with Crippen LogP contribution in [0.4, 0.5) is 0 Å². The predicted molar refractivity (Wildman–Crippen MR) is 275 cm³/mol. The van der Waals surface area contributed by atoms with E-state index >= 15 is 0 Å². The maximum atomic E-state index is 13.9. The number of aromatic nitrogens is 6. The van der Waals surface area contributed by atoms with Gasteiger partial charge in [0.2, 0.25) is 5.75 Å². The molecule has 21 nitrogen and oxygen atoms in total. The summed E-state index contributed by atoms with van der Waals surface area (Å²) in [5.74, 6) is 13.7. The molecule has 0 bridgehead atoms. The summed E-state index contributed by atoms with van der Waals surface area (Å²) in [6, 6.07) is 18.0. The Kier molecular flexibility index (Phi) is 21.8. The molecule has 3 heterocycles. The van der Waals surface area contributed by atoms with Gasteiger partial charge in [0.1, 0.15) is 19.8 Å². The fourth-order valence-electron chi connectivity index (χ4n) is 7.48. The molecule has 0 amide bonds. The molecule has 7 aromatic rings. The van der Waals surface area contributed by atoms with Gasteiger partial charge in [0.05, 0.1) is 161 Å². The molecule has 0 radical (unpaired) electrons. The van der Waals surface area contributed by atoms with E-state index in [1.54, 1.807) is 56.2 Å². The van der Waals surface area contributed by atoms with Crippen molar-refractivity contribution >= 4 is 33.1 Å². The summed E-state index contributed by atoms with van der Waals surface area (Å²) in [6.07, 6.45) is 0. The van der Waals surface area contributed by atoms with Gasteiger partial charge in [0.15, 0.2) is 11.5 Å². The van der Waals surface area contributed by atoms with Crippen molar-refractivity contribution in [1.29, 1.82) is 0 Å². The SMILES string of the molecule is COCCOCCOCCOc1cc(Cn2c(=O)[nH]c3c(C#Cc4ccc(C#Cc5cccc6[nH]c(=O)[nH]c56)c5[nH]c(=O)[nH]c45)cccc32)cc(OCCOCCOCCOC)c1OCCOCCOCCOC. The fourth-order valence-corrected chi connectivity index (χ4v) is 7.48. The highest BCUT2D eigenvalue weighted by molar-refractivity contribution is 5.89. The van der Waals surface area contributed by atoms with Crippen LogP contribution in [0.15, 0.2) is 75.0 Å². The van der Waals surface area contributed by atoms with Crippen molar-refractivity contribution < 1.29 is 56.8 Å². The number of hydrogen-bond acceptors (Lipinski definition) is 15. The van der Waals surface area contributed by atoms with Crippen molar-refractivity contribution in [3.05, 3.63) is 120 Å². The second-order valence-corrected chi connectivity index (χ2v) is 16.1. The third kappa shape index (κ3) is 15.9. The molecule has 394 valence electrons. The molecule has 0 saturated heterocycles. The van der Waals surface area contributed by atoms with Gasteiger partial charge in [-0.2, -0.15) is 0 Å². The quantitative estimate of drug-likeness (QED) is 0.0298. The number of imidazole rings is 3. The van der Waals surface area contributed by atoms with Crippen LogP contribution >= 0.6 is 0 Å². The highest BCUT2D eigenvalue weighted by Crippen LogP contribution is 2.39. The average molecular weight is 1020 g/mol. The molecular formula is C53H62N6O15. The average Bonchev–Trinajstić information content (AvgIpc) is 4.09. The standard InChI is InChI=1S/C53H62N6O15/c1-63-16-19-66-22-25-69-28-31-72-44-34-37(35-45(73-32-29-70-26-23-67-20-17-64-2)50(44)74-33-30-71-27-24-68-21-18-65-3)36-59-43-9-5-7-39(47(43)58-53(59)62)11-13-41-15-14-40(48-49(41)57-52(61)56-48)12-10-38-6-4-8-42-46(38)55-51(60)54-42/h4-9,14-15,34-35H,16-33,36H2,1-3H3,(H,58,62)(H2,54,55,60)(H2,56,57,61). The Bertz CT molecular complexity index is 3140. The van der Waals surface area contributed by atoms with Crippen LogP contribution in [0.5, 0.6) is 17.2 Å². The van der Waals surface area contributed by atoms with Crippen LogP contribution < -0.4 is 31.3 Å². The maximum absolute atomic E-state index is 13.9. The van der Waals surface area contributed by atoms with Crippen LogP contribution in [-0.4, -0.2) is 170 Å². The lowest BCUT2D eigenvalue weighted by Gasteiger charge is -2.19. The van der Waals surface area contributed by atoms with E-state index in [-0.39, 0.29) is 57.6 Å². The Labute approximate surface area is 425 Å². The molecule has 0 aliphatic carbocycles.